The number of hydrogen-bond acceptors (Lipinski definition) is 5. The van der Waals surface area contributed by atoms with E-state index < -0.39 is 5.56 Å². The predicted molar refractivity (Wildman–Crippen MR) is 73.0 cm³/mol. The zero-order valence-corrected chi connectivity index (χ0v) is 10.7. The average molecular weight is 287 g/mol. The van der Waals surface area contributed by atoms with Gasteiger partial charge in [-0.3, -0.25) is 4.79 Å². The number of H-pyrrole nitrogens is 1. The second kappa shape index (κ2) is 4.96. The molecule has 0 aliphatic rings. The van der Waals surface area contributed by atoms with Crippen molar-refractivity contribution in [2.24, 2.45) is 0 Å². The molecule has 6 nitrogen and oxygen atoms in total. The third kappa shape index (κ3) is 2.05. The number of aromatic nitrogens is 1. The maximum atomic E-state index is 11.7. The topological polar surface area (TPSA) is 127 Å². The van der Waals surface area contributed by atoms with Gasteiger partial charge in [0.2, 0.25) is 0 Å². The fourth-order valence-corrected chi connectivity index (χ4v) is 1.97. The summed E-state index contributed by atoms with van der Waals surface area (Å²) in [5.74, 6) is -0.277. The monoisotopic (exact) mass is 286 g/mol. The van der Waals surface area contributed by atoms with Crippen molar-refractivity contribution in [1.82, 2.24) is 4.98 Å². The zero-order valence-electron chi connectivity index (χ0n) is 9.94. The van der Waals surface area contributed by atoms with Gasteiger partial charge in [0.25, 0.3) is 5.56 Å². The smallest absolute Gasteiger partial charge is 0.268 e. The zero-order chi connectivity index (χ0) is 14.9. The lowest BCUT2D eigenvalue weighted by atomic mass is 9.96. The number of nitrogen functional groups attached to an aromatic ring is 1. The number of phenols is 1. The van der Waals surface area contributed by atoms with Crippen LogP contribution in [0.15, 0.2) is 23.0 Å². The largest absolute Gasteiger partial charge is 0.506 e. The van der Waals surface area contributed by atoms with Gasteiger partial charge < -0.3 is 15.8 Å². The standard InChI is InChI=1S/C13H7ClN4O2/c14-9-3-6(1-2-10(9)19)11-7(4-15)12(17)18-13(20)8(11)5-16/h1-3,19H,(H3,17,18,20). The van der Waals surface area contributed by atoms with Crippen LogP contribution in [0.25, 0.3) is 11.1 Å². The number of anilines is 1. The average Bonchev–Trinajstić information content (AvgIpc) is 2.41. The van der Waals surface area contributed by atoms with Gasteiger partial charge in [0.05, 0.1) is 5.02 Å². The summed E-state index contributed by atoms with van der Waals surface area (Å²) in [5.41, 5.74) is 5.08. The quantitative estimate of drug-likeness (QED) is 0.735. The predicted octanol–water partition coefficient (Wildman–Crippen LogP) is 1.73. The summed E-state index contributed by atoms with van der Waals surface area (Å²) in [6.45, 7) is 0. The molecule has 7 heteroatoms. The van der Waals surface area contributed by atoms with Gasteiger partial charge in [0.15, 0.2) is 0 Å². The molecule has 0 saturated carbocycles. The van der Waals surface area contributed by atoms with E-state index in [-0.39, 0.29) is 33.3 Å². The summed E-state index contributed by atoms with van der Waals surface area (Å²) in [6, 6.07) is 7.69. The molecule has 0 fully saturated rings. The van der Waals surface area contributed by atoms with Crippen LogP contribution in [0.1, 0.15) is 11.1 Å². The van der Waals surface area contributed by atoms with E-state index in [0.29, 0.717) is 5.56 Å². The fourth-order valence-electron chi connectivity index (χ4n) is 1.79. The number of nitrogens with zero attached hydrogens (tertiary/aromatic N) is 2. The second-order valence-electron chi connectivity index (χ2n) is 3.88. The van der Waals surface area contributed by atoms with Crippen molar-refractivity contribution < 1.29 is 5.11 Å². The highest BCUT2D eigenvalue weighted by Crippen LogP contribution is 2.33. The van der Waals surface area contributed by atoms with Crippen molar-refractivity contribution >= 4 is 17.4 Å². The van der Waals surface area contributed by atoms with Gasteiger partial charge in [-0.2, -0.15) is 10.5 Å². The van der Waals surface area contributed by atoms with E-state index in [0.717, 1.165) is 0 Å². The van der Waals surface area contributed by atoms with Crippen LogP contribution in [0, 0.1) is 22.7 Å². The van der Waals surface area contributed by atoms with Crippen molar-refractivity contribution in [2.45, 2.75) is 0 Å². The van der Waals surface area contributed by atoms with E-state index in [2.05, 4.69) is 4.98 Å². The molecule has 98 valence electrons. The normalized spacial score (nSPS) is 9.75. The number of nitrogens with one attached hydrogen (secondary N) is 1. The van der Waals surface area contributed by atoms with Crippen LogP contribution < -0.4 is 11.3 Å². The minimum Gasteiger partial charge on any atom is -0.506 e. The first-order valence-corrected chi connectivity index (χ1v) is 5.72. The first kappa shape index (κ1) is 13.5. The fraction of sp³-hybridized carbons (Fsp3) is 0. The van der Waals surface area contributed by atoms with Crippen LogP contribution in [0.4, 0.5) is 5.82 Å². The van der Waals surface area contributed by atoms with Crippen LogP contribution in [0.3, 0.4) is 0 Å². The van der Waals surface area contributed by atoms with Gasteiger partial charge in [-0.25, -0.2) is 0 Å². The van der Waals surface area contributed by atoms with Crippen LogP contribution in [0.2, 0.25) is 5.02 Å². The van der Waals surface area contributed by atoms with Gasteiger partial charge in [-0.05, 0) is 17.7 Å². The lowest BCUT2D eigenvalue weighted by Crippen LogP contribution is -2.16. The molecule has 0 amide bonds. The van der Waals surface area contributed by atoms with Crippen molar-refractivity contribution in [3.63, 3.8) is 0 Å². The van der Waals surface area contributed by atoms with Gasteiger partial charge in [0.1, 0.15) is 34.8 Å². The number of phenolic OH excluding ortho intramolecular Hbond substituents is 1. The van der Waals surface area contributed by atoms with E-state index in [1.807, 2.05) is 6.07 Å². The summed E-state index contributed by atoms with van der Waals surface area (Å²) >= 11 is 5.80. The second-order valence-corrected chi connectivity index (χ2v) is 4.29. The molecule has 0 aliphatic heterocycles. The maximum absolute atomic E-state index is 11.7. The highest BCUT2D eigenvalue weighted by atomic mass is 35.5. The first-order chi connectivity index (χ1) is 9.49. The van der Waals surface area contributed by atoms with E-state index in [1.165, 1.54) is 18.2 Å². The Morgan fingerprint density at radius 2 is 1.90 bits per heavy atom. The van der Waals surface area contributed by atoms with E-state index in [1.54, 1.807) is 6.07 Å². The molecular formula is C13H7ClN4O2. The first-order valence-electron chi connectivity index (χ1n) is 5.34. The highest BCUT2D eigenvalue weighted by Gasteiger charge is 2.18. The number of pyridine rings is 1. The Morgan fingerprint density at radius 3 is 2.45 bits per heavy atom. The van der Waals surface area contributed by atoms with Gasteiger partial charge >= 0.3 is 0 Å². The van der Waals surface area contributed by atoms with Crippen molar-refractivity contribution in [3.8, 4) is 29.0 Å². The van der Waals surface area contributed by atoms with Crippen LogP contribution in [-0.4, -0.2) is 10.1 Å². The molecule has 0 spiro atoms. The number of aromatic amines is 1. The van der Waals surface area contributed by atoms with Gasteiger partial charge in [-0.1, -0.05) is 17.7 Å². The number of nitrogens with two attached hydrogens (primary N) is 1. The van der Waals surface area contributed by atoms with Gasteiger partial charge in [0, 0.05) is 5.56 Å². The van der Waals surface area contributed by atoms with Crippen molar-refractivity contribution in [3.05, 3.63) is 44.7 Å². The summed E-state index contributed by atoms with van der Waals surface area (Å²) < 4.78 is 0. The van der Waals surface area contributed by atoms with E-state index in [4.69, 9.17) is 27.9 Å². The summed E-state index contributed by atoms with van der Waals surface area (Å²) in [6.07, 6.45) is 0. The Bertz CT molecular complexity index is 843. The third-order valence-corrected chi connectivity index (χ3v) is 3.01. The number of halogens is 1. The highest BCUT2D eigenvalue weighted by molar-refractivity contribution is 6.32. The molecule has 2 aromatic rings. The molecule has 1 aromatic heterocycles. The molecule has 0 atom stereocenters. The van der Waals surface area contributed by atoms with Crippen molar-refractivity contribution in [2.75, 3.05) is 5.73 Å². The number of hydrogen-bond donors (Lipinski definition) is 3. The molecule has 4 N–H and O–H groups in total. The summed E-state index contributed by atoms with van der Waals surface area (Å²) in [5, 5.41) is 27.7. The Labute approximate surface area is 118 Å². The molecule has 0 saturated heterocycles. The lowest BCUT2D eigenvalue weighted by Gasteiger charge is -2.09. The minimum absolute atomic E-state index is 0.0251. The molecule has 0 bridgehead atoms. The number of aromatic hydroxyl groups is 1. The summed E-state index contributed by atoms with van der Waals surface area (Å²) in [4.78, 5) is 14.0. The van der Waals surface area contributed by atoms with Crippen molar-refractivity contribution in [1.29, 1.82) is 10.5 Å². The molecule has 1 heterocycles. The van der Waals surface area contributed by atoms with Gasteiger partial charge in [-0.15, -0.1) is 0 Å². The molecule has 0 unspecified atom stereocenters. The van der Waals surface area contributed by atoms with E-state index in [9.17, 15) is 9.90 Å². The molecule has 0 radical (unpaired) electrons. The van der Waals surface area contributed by atoms with Crippen LogP contribution in [0.5, 0.6) is 5.75 Å². The Morgan fingerprint density at radius 1 is 1.25 bits per heavy atom. The maximum Gasteiger partial charge on any atom is 0.268 e. The molecule has 20 heavy (non-hydrogen) atoms. The molecule has 1 aromatic carbocycles. The Balaban J connectivity index is 2.92. The molecular weight excluding hydrogens is 280 g/mol. The van der Waals surface area contributed by atoms with E-state index >= 15 is 0 Å². The third-order valence-electron chi connectivity index (χ3n) is 2.70. The Hall–Kier alpha value is -2.96. The molecule has 0 aliphatic carbocycles. The lowest BCUT2D eigenvalue weighted by molar-refractivity contribution is 0.475. The van der Waals surface area contributed by atoms with Crippen LogP contribution >= 0.6 is 11.6 Å². The SMILES string of the molecule is N#Cc1c(N)[nH]c(=O)c(C#N)c1-c1ccc(O)c(Cl)c1. The number of rotatable bonds is 1. The minimum atomic E-state index is -0.691. The number of nitriles is 2. The number of benzene rings is 1. The summed E-state index contributed by atoms with van der Waals surface area (Å²) in [7, 11) is 0. The van der Waals surface area contributed by atoms with Crippen LogP contribution in [-0.2, 0) is 0 Å². The Kier molecular flexibility index (Phi) is 3.34. The molecule has 2 rings (SSSR count).